The van der Waals surface area contributed by atoms with E-state index in [1.54, 1.807) is 13.8 Å². The zero-order valence-corrected chi connectivity index (χ0v) is 9.65. The van der Waals surface area contributed by atoms with Gasteiger partial charge in [-0.15, -0.1) is 0 Å². The Labute approximate surface area is 93.8 Å². The fraction of sp³-hybridized carbons (Fsp3) is 0.800. The standard InChI is InChI=1S/C10H17NO5/c1-9(2)10(3,15)11(8(14)16-9)6-4-5-7(12)13/h15H,4-6H2,1-3H3,(H,12,13)/p-1/t10-/m1/s1. The van der Waals surface area contributed by atoms with Gasteiger partial charge in [0.25, 0.3) is 0 Å². The molecule has 1 saturated heterocycles. The van der Waals surface area contributed by atoms with E-state index in [0.717, 1.165) is 4.90 Å². The summed E-state index contributed by atoms with van der Waals surface area (Å²) in [5.41, 5.74) is -2.44. The van der Waals surface area contributed by atoms with Gasteiger partial charge in [-0.3, -0.25) is 4.90 Å². The Morgan fingerprint density at radius 3 is 2.44 bits per heavy atom. The first-order valence-electron chi connectivity index (χ1n) is 5.11. The van der Waals surface area contributed by atoms with Crippen LogP contribution in [0.25, 0.3) is 0 Å². The van der Waals surface area contributed by atoms with Crippen molar-refractivity contribution in [3.63, 3.8) is 0 Å². The highest BCUT2D eigenvalue weighted by Gasteiger charge is 2.56. The molecular formula is C10H16NO5-. The smallest absolute Gasteiger partial charge is 0.412 e. The molecule has 1 amide bonds. The molecule has 16 heavy (non-hydrogen) atoms. The zero-order valence-electron chi connectivity index (χ0n) is 9.65. The van der Waals surface area contributed by atoms with E-state index in [4.69, 9.17) is 4.74 Å². The Morgan fingerprint density at radius 2 is 2.06 bits per heavy atom. The lowest BCUT2D eigenvalue weighted by Crippen LogP contribution is -2.53. The van der Waals surface area contributed by atoms with Gasteiger partial charge >= 0.3 is 6.09 Å². The Hall–Kier alpha value is -1.30. The minimum atomic E-state index is -1.43. The van der Waals surface area contributed by atoms with Crippen molar-refractivity contribution in [1.82, 2.24) is 4.90 Å². The third-order valence-electron chi connectivity index (χ3n) is 2.99. The van der Waals surface area contributed by atoms with Crippen LogP contribution < -0.4 is 5.11 Å². The van der Waals surface area contributed by atoms with Crippen LogP contribution in [0.3, 0.4) is 0 Å². The summed E-state index contributed by atoms with van der Waals surface area (Å²) in [4.78, 5) is 22.8. The second-order valence-electron chi connectivity index (χ2n) is 4.53. The molecule has 6 heteroatoms. The van der Waals surface area contributed by atoms with E-state index in [9.17, 15) is 19.8 Å². The molecule has 0 unspecified atom stereocenters. The van der Waals surface area contributed by atoms with Crippen molar-refractivity contribution < 1.29 is 24.5 Å². The second kappa shape index (κ2) is 3.93. The van der Waals surface area contributed by atoms with Crippen molar-refractivity contribution in [2.45, 2.75) is 44.9 Å². The van der Waals surface area contributed by atoms with Crippen molar-refractivity contribution in [3.8, 4) is 0 Å². The van der Waals surface area contributed by atoms with Crippen LogP contribution in [0.5, 0.6) is 0 Å². The third kappa shape index (κ3) is 2.11. The van der Waals surface area contributed by atoms with Gasteiger partial charge in [-0.05, 0) is 33.6 Å². The molecule has 1 heterocycles. The zero-order chi connectivity index (χ0) is 12.6. The molecule has 1 atom stereocenters. The average Bonchev–Trinajstić information content (AvgIpc) is 2.23. The topological polar surface area (TPSA) is 89.9 Å². The normalized spacial score (nSPS) is 28.0. The number of carbonyl (C=O) groups is 2. The molecule has 0 saturated carbocycles. The van der Waals surface area contributed by atoms with Crippen LogP contribution in [-0.4, -0.2) is 39.9 Å². The number of cyclic esters (lactones) is 1. The number of hydrogen-bond acceptors (Lipinski definition) is 5. The largest absolute Gasteiger partial charge is 0.550 e. The molecule has 1 aliphatic rings. The highest BCUT2D eigenvalue weighted by molar-refractivity contribution is 5.72. The number of hydrogen-bond donors (Lipinski definition) is 1. The minimum Gasteiger partial charge on any atom is -0.550 e. The van der Waals surface area contributed by atoms with Crippen LogP contribution in [0.2, 0.25) is 0 Å². The number of aliphatic hydroxyl groups is 1. The van der Waals surface area contributed by atoms with Crippen LogP contribution in [0.1, 0.15) is 33.6 Å². The maximum Gasteiger partial charge on any atom is 0.412 e. The van der Waals surface area contributed by atoms with Crippen LogP contribution in [0.4, 0.5) is 4.79 Å². The van der Waals surface area contributed by atoms with Gasteiger partial charge in [-0.2, -0.15) is 0 Å². The molecule has 0 aliphatic carbocycles. The summed E-state index contributed by atoms with van der Waals surface area (Å²) in [5, 5.41) is 20.4. The number of ether oxygens (including phenoxy) is 1. The van der Waals surface area contributed by atoms with Crippen LogP contribution in [-0.2, 0) is 9.53 Å². The van der Waals surface area contributed by atoms with Crippen LogP contribution in [0.15, 0.2) is 0 Å². The first kappa shape index (κ1) is 12.8. The lowest BCUT2D eigenvalue weighted by molar-refractivity contribution is -0.305. The van der Waals surface area contributed by atoms with E-state index < -0.39 is 23.4 Å². The number of carboxylic acid groups (broad SMARTS) is 1. The highest BCUT2D eigenvalue weighted by Crippen LogP contribution is 2.36. The predicted octanol–water partition coefficient (Wildman–Crippen LogP) is -0.544. The number of carboxylic acids is 1. The van der Waals surface area contributed by atoms with Crippen LogP contribution >= 0.6 is 0 Å². The second-order valence-corrected chi connectivity index (χ2v) is 4.53. The molecule has 0 bridgehead atoms. The Balaban J connectivity index is 2.66. The molecule has 0 aromatic rings. The summed E-state index contributed by atoms with van der Waals surface area (Å²) in [6, 6.07) is 0. The van der Waals surface area contributed by atoms with Crippen molar-refractivity contribution >= 4 is 12.1 Å². The maximum atomic E-state index is 11.5. The summed E-state index contributed by atoms with van der Waals surface area (Å²) in [7, 11) is 0. The van der Waals surface area contributed by atoms with Crippen molar-refractivity contribution in [3.05, 3.63) is 0 Å². The molecule has 0 radical (unpaired) electrons. The van der Waals surface area contributed by atoms with E-state index in [-0.39, 0.29) is 19.4 Å². The van der Waals surface area contributed by atoms with E-state index >= 15 is 0 Å². The first-order chi connectivity index (χ1) is 7.18. The molecule has 0 aromatic carbocycles. The third-order valence-corrected chi connectivity index (χ3v) is 2.99. The molecular weight excluding hydrogens is 214 g/mol. The minimum absolute atomic E-state index is 0.128. The van der Waals surface area contributed by atoms with Crippen molar-refractivity contribution in [1.29, 1.82) is 0 Å². The van der Waals surface area contributed by atoms with Crippen molar-refractivity contribution in [2.75, 3.05) is 6.54 Å². The van der Waals surface area contributed by atoms with Gasteiger partial charge in [0, 0.05) is 12.5 Å². The van der Waals surface area contributed by atoms with Gasteiger partial charge in [-0.25, -0.2) is 4.79 Å². The van der Waals surface area contributed by atoms with Gasteiger partial charge in [0.05, 0.1) is 0 Å². The van der Waals surface area contributed by atoms with E-state index in [1.807, 2.05) is 0 Å². The number of amides is 1. The molecule has 0 spiro atoms. The molecule has 1 N–H and O–H groups in total. The SMILES string of the molecule is CC1(C)OC(=O)N(CCCC(=O)[O-])[C@]1(C)O. The average molecular weight is 230 g/mol. The maximum absolute atomic E-state index is 11.5. The lowest BCUT2D eigenvalue weighted by atomic mass is 9.96. The molecule has 1 fully saturated rings. The van der Waals surface area contributed by atoms with Crippen molar-refractivity contribution in [2.24, 2.45) is 0 Å². The molecule has 6 nitrogen and oxygen atoms in total. The highest BCUT2D eigenvalue weighted by atomic mass is 16.6. The monoisotopic (exact) mass is 230 g/mol. The molecule has 92 valence electrons. The first-order valence-corrected chi connectivity index (χ1v) is 5.11. The van der Waals surface area contributed by atoms with Crippen LogP contribution in [0, 0.1) is 0 Å². The fourth-order valence-electron chi connectivity index (χ4n) is 1.56. The van der Waals surface area contributed by atoms with Gasteiger partial charge in [0.15, 0.2) is 11.3 Å². The number of rotatable bonds is 4. The van der Waals surface area contributed by atoms with Gasteiger partial charge in [0.2, 0.25) is 0 Å². The van der Waals surface area contributed by atoms with E-state index in [1.165, 1.54) is 6.92 Å². The number of aliphatic carboxylic acids is 1. The quantitative estimate of drug-likeness (QED) is 0.700. The van der Waals surface area contributed by atoms with Gasteiger partial charge in [-0.1, -0.05) is 0 Å². The van der Waals surface area contributed by atoms with E-state index in [0.29, 0.717) is 0 Å². The van der Waals surface area contributed by atoms with E-state index in [2.05, 4.69) is 0 Å². The van der Waals surface area contributed by atoms with Gasteiger partial charge in [0.1, 0.15) is 0 Å². The molecule has 0 aromatic heterocycles. The Kier molecular flexibility index (Phi) is 3.14. The summed E-state index contributed by atoms with van der Waals surface area (Å²) in [6.45, 7) is 4.80. The summed E-state index contributed by atoms with van der Waals surface area (Å²) >= 11 is 0. The summed E-state index contributed by atoms with van der Waals surface area (Å²) in [6.07, 6.45) is -0.558. The summed E-state index contributed by atoms with van der Waals surface area (Å²) < 4.78 is 5.01. The molecule has 1 rings (SSSR count). The fourth-order valence-corrected chi connectivity index (χ4v) is 1.56. The summed E-state index contributed by atoms with van der Waals surface area (Å²) in [5.74, 6) is -1.17. The van der Waals surface area contributed by atoms with Gasteiger partial charge < -0.3 is 19.7 Å². The number of carbonyl (C=O) groups excluding carboxylic acids is 2. The lowest BCUT2D eigenvalue weighted by Gasteiger charge is -2.34. The Bertz CT molecular complexity index is 310. The Morgan fingerprint density at radius 1 is 1.50 bits per heavy atom. The molecule has 1 aliphatic heterocycles. The number of nitrogens with zero attached hydrogens (tertiary/aromatic N) is 1. The predicted molar refractivity (Wildman–Crippen MR) is 52.1 cm³/mol.